The molecule has 1 aromatic rings. The van der Waals surface area contributed by atoms with Crippen molar-refractivity contribution in [2.45, 2.75) is 46.5 Å². The summed E-state index contributed by atoms with van der Waals surface area (Å²) in [7, 11) is 0. The highest BCUT2D eigenvalue weighted by molar-refractivity contribution is 5.44. The van der Waals surface area contributed by atoms with E-state index in [0.717, 1.165) is 13.1 Å². The molecule has 0 amide bonds. The van der Waals surface area contributed by atoms with Crippen molar-refractivity contribution < 1.29 is 0 Å². The van der Waals surface area contributed by atoms with Crippen LogP contribution in [0.4, 0.5) is 5.69 Å². The van der Waals surface area contributed by atoms with Gasteiger partial charge in [0.2, 0.25) is 0 Å². The fraction of sp³-hybridized carbons (Fsp3) is 0.647. The Hall–Kier alpha value is -1.02. The average Bonchev–Trinajstić information content (AvgIpc) is 2.43. The van der Waals surface area contributed by atoms with Crippen molar-refractivity contribution in [1.29, 1.82) is 0 Å². The first-order valence-corrected chi connectivity index (χ1v) is 7.79. The number of unbranched alkanes of at least 4 members (excludes halogenated alkanes) is 2. The Balaban J connectivity index is 2.27. The molecule has 0 atom stereocenters. The molecule has 0 aliphatic carbocycles. The van der Waals surface area contributed by atoms with Crippen molar-refractivity contribution in [1.82, 2.24) is 4.90 Å². The van der Waals surface area contributed by atoms with E-state index in [4.69, 9.17) is 0 Å². The van der Waals surface area contributed by atoms with Crippen LogP contribution in [0.1, 0.15) is 45.1 Å². The minimum atomic E-state index is 1.04. The zero-order valence-electron chi connectivity index (χ0n) is 12.9. The van der Waals surface area contributed by atoms with E-state index in [9.17, 15) is 0 Å². The molecule has 2 heteroatoms. The molecular formula is C17H30N2. The van der Waals surface area contributed by atoms with Gasteiger partial charge in [0, 0.05) is 18.8 Å². The van der Waals surface area contributed by atoms with E-state index < -0.39 is 0 Å². The van der Waals surface area contributed by atoms with Gasteiger partial charge in [0.25, 0.3) is 0 Å². The number of hydrogen-bond donors (Lipinski definition) is 1. The maximum atomic E-state index is 3.51. The topological polar surface area (TPSA) is 15.3 Å². The summed E-state index contributed by atoms with van der Waals surface area (Å²) in [6, 6.07) is 8.65. The van der Waals surface area contributed by atoms with Crippen LogP contribution < -0.4 is 5.32 Å². The quantitative estimate of drug-likeness (QED) is 0.676. The number of anilines is 1. The predicted molar refractivity (Wildman–Crippen MR) is 85.9 cm³/mol. The fourth-order valence-corrected chi connectivity index (χ4v) is 2.13. The second kappa shape index (κ2) is 9.85. The summed E-state index contributed by atoms with van der Waals surface area (Å²) < 4.78 is 0. The molecule has 1 N–H and O–H groups in total. The summed E-state index contributed by atoms with van der Waals surface area (Å²) in [6.07, 6.45) is 5.20. The molecule has 2 nitrogen and oxygen atoms in total. The third-order valence-corrected chi connectivity index (χ3v) is 3.46. The van der Waals surface area contributed by atoms with Gasteiger partial charge in [-0.05, 0) is 45.0 Å². The van der Waals surface area contributed by atoms with Crippen molar-refractivity contribution in [2.24, 2.45) is 0 Å². The number of rotatable bonds is 10. The molecule has 0 radical (unpaired) electrons. The van der Waals surface area contributed by atoms with E-state index >= 15 is 0 Å². The van der Waals surface area contributed by atoms with Gasteiger partial charge < -0.3 is 10.2 Å². The average molecular weight is 262 g/mol. The van der Waals surface area contributed by atoms with Gasteiger partial charge in [0.15, 0.2) is 0 Å². The molecule has 0 saturated heterocycles. The maximum Gasteiger partial charge on any atom is 0.0340 e. The molecule has 0 unspecified atom stereocenters. The predicted octanol–water partition coefficient (Wildman–Crippen LogP) is 4.31. The first-order valence-electron chi connectivity index (χ1n) is 7.79. The van der Waals surface area contributed by atoms with Crippen molar-refractivity contribution >= 4 is 5.69 Å². The Kier molecular flexibility index (Phi) is 8.31. The van der Waals surface area contributed by atoms with Gasteiger partial charge in [-0.1, -0.05) is 44.4 Å². The highest BCUT2D eigenvalue weighted by atomic mass is 15.1. The normalized spacial score (nSPS) is 10.9. The summed E-state index contributed by atoms with van der Waals surface area (Å²) in [5, 5.41) is 3.51. The molecule has 0 aromatic heterocycles. The molecule has 0 fully saturated rings. The van der Waals surface area contributed by atoms with Crippen LogP contribution in [0.25, 0.3) is 0 Å². The summed E-state index contributed by atoms with van der Waals surface area (Å²) in [6.45, 7) is 11.3. The molecule has 1 rings (SSSR count). The molecule has 0 heterocycles. The number of nitrogens with zero attached hydrogens (tertiary/aromatic N) is 1. The van der Waals surface area contributed by atoms with Crippen molar-refractivity contribution in [3.63, 3.8) is 0 Å². The molecule has 0 bridgehead atoms. The van der Waals surface area contributed by atoms with E-state index in [0.29, 0.717) is 0 Å². The number of nitrogens with one attached hydrogen (secondary N) is 1. The second-order valence-corrected chi connectivity index (χ2v) is 5.34. The van der Waals surface area contributed by atoms with Crippen LogP contribution in [0.3, 0.4) is 0 Å². The van der Waals surface area contributed by atoms with Crippen molar-refractivity contribution in [3.8, 4) is 0 Å². The molecule has 0 saturated carbocycles. The molecule has 19 heavy (non-hydrogen) atoms. The zero-order chi connectivity index (χ0) is 13.9. The summed E-state index contributed by atoms with van der Waals surface area (Å²) in [5.41, 5.74) is 2.55. The smallest absolute Gasteiger partial charge is 0.0340 e. The largest absolute Gasteiger partial charge is 0.384 e. The van der Waals surface area contributed by atoms with Gasteiger partial charge in [-0.3, -0.25) is 0 Å². The Morgan fingerprint density at radius 3 is 2.00 bits per heavy atom. The SMILES string of the molecule is CCCCN(CCCC)CCNc1ccc(C)cc1. The zero-order valence-corrected chi connectivity index (χ0v) is 12.9. The van der Waals surface area contributed by atoms with E-state index in [1.165, 1.54) is 50.0 Å². The lowest BCUT2D eigenvalue weighted by molar-refractivity contribution is 0.275. The van der Waals surface area contributed by atoms with Crippen molar-refractivity contribution in [2.75, 3.05) is 31.5 Å². The van der Waals surface area contributed by atoms with E-state index in [2.05, 4.69) is 55.3 Å². The summed E-state index contributed by atoms with van der Waals surface area (Å²) >= 11 is 0. The van der Waals surface area contributed by atoms with Crippen LogP contribution in [0, 0.1) is 6.92 Å². The van der Waals surface area contributed by atoms with Gasteiger partial charge in [-0.2, -0.15) is 0 Å². The van der Waals surface area contributed by atoms with Gasteiger partial charge in [-0.25, -0.2) is 0 Å². The van der Waals surface area contributed by atoms with Crippen LogP contribution in [-0.2, 0) is 0 Å². The Morgan fingerprint density at radius 2 is 1.47 bits per heavy atom. The van der Waals surface area contributed by atoms with Gasteiger partial charge in [0.1, 0.15) is 0 Å². The molecule has 0 aliphatic rings. The highest BCUT2D eigenvalue weighted by Crippen LogP contribution is 2.08. The molecule has 0 spiro atoms. The molecule has 1 aromatic carbocycles. The minimum Gasteiger partial charge on any atom is -0.384 e. The lowest BCUT2D eigenvalue weighted by Gasteiger charge is -2.22. The first-order chi connectivity index (χ1) is 9.26. The van der Waals surface area contributed by atoms with E-state index in [-0.39, 0.29) is 0 Å². The van der Waals surface area contributed by atoms with Crippen molar-refractivity contribution in [3.05, 3.63) is 29.8 Å². The number of hydrogen-bond acceptors (Lipinski definition) is 2. The van der Waals surface area contributed by atoms with Gasteiger partial charge in [0.05, 0.1) is 0 Å². The maximum absolute atomic E-state index is 3.51. The number of benzene rings is 1. The fourth-order valence-electron chi connectivity index (χ4n) is 2.13. The van der Waals surface area contributed by atoms with Crippen LogP contribution in [-0.4, -0.2) is 31.1 Å². The molecule has 108 valence electrons. The molecule has 0 aliphatic heterocycles. The third kappa shape index (κ3) is 7.22. The van der Waals surface area contributed by atoms with Crippen LogP contribution in [0.2, 0.25) is 0 Å². The standard InChI is InChI=1S/C17H30N2/c1-4-6-13-19(14-7-5-2)15-12-18-17-10-8-16(3)9-11-17/h8-11,18H,4-7,12-15H2,1-3H3. The highest BCUT2D eigenvalue weighted by Gasteiger charge is 2.03. The Bertz CT molecular complexity index is 311. The monoisotopic (exact) mass is 262 g/mol. The lowest BCUT2D eigenvalue weighted by Crippen LogP contribution is -2.31. The van der Waals surface area contributed by atoms with E-state index in [1.54, 1.807) is 0 Å². The van der Waals surface area contributed by atoms with Gasteiger partial charge in [-0.15, -0.1) is 0 Å². The third-order valence-electron chi connectivity index (χ3n) is 3.46. The summed E-state index contributed by atoms with van der Waals surface area (Å²) in [4.78, 5) is 2.59. The first kappa shape index (κ1) is 16.0. The molecular weight excluding hydrogens is 232 g/mol. The minimum absolute atomic E-state index is 1.04. The number of aryl methyl sites for hydroxylation is 1. The van der Waals surface area contributed by atoms with Crippen LogP contribution in [0.5, 0.6) is 0 Å². The summed E-state index contributed by atoms with van der Waals surface area (Å²) in [5.74, 6) is 0. The Morgan fingerprint density at radius 1 is 0.895 bits per heavy atom. The second-order valence-electron chi connectivity index (χ2n) is 5.34. The van der Waals surface area contributed by atoms with E-state index in [1.807, 2.05) is 0 Å². The van der Waals surface area contributed by atoms with Gasteiger partial charge >= 0.3 is 0 Å². The lowest BCUT2D eigenvalue weighted by atomic mass is 10.2. The van der Waals surface area contributed by atoms with Crippen LogP contribution in [0.15, 0.2) is 24.3 Å². The Labute approximate surface area is 119 Å². The van der Waals surface area contributed by atoms with Crippen LogP contribution >= 0.6 is 0 Å².